The van der Waals surface area contributed by atoms with Crippen LogP contribution >= 0.6 is 0 Å². The van der Waals surface area contributed by atoms with Gasteiger partial charge in [-0.2, -0.15) is 4.99 Å². The molecule has 80 valence electrons. The maximum atomic E-state index is 4.27. The van der Waals surface area contributed by atoms with E-state index in [1.807, 2.05) is 0 Å². The summed E-state index contributed by atoms with van der Waals surface area (Å²) in [7, 11) is 1.68. The van der Waals surface area contributed by atoms with Crippen LogP contribution < -0.4 is 0 Å². The fourth-order valence-electron chi connectivity index (χ4n) is 1.75. The van der Waals surface area contributed by atoms with E-state index < -0.39 is 0 Å². The Bertz CT molecular complexity index is 421. The molecule has 0 aliphatic heterocycles. The largest absolute Gasteiger partial charge is 0.229 e. The summed E-state index contributed by atoms with van der Waals surface area (Å²) in [6.07, 6.45) is 0. The third kappa shape index (κ3) is 2.00. The second-order valence-corrected chi connectivity index (χ2v) is 3.91. The lowest BCUT2D eigenvalue weighted by atomic mass is 9.93. The summed E-state index contributed by atoms with van der Waals surface area (Å²) < 4.78 is 0. The van der Waals surface area contributed by atoms with Crippen LogP contribution in [0.3, 0.4) is 0 Å². The van der Waals surface area contributed by atoms with Crippen LogP contribution in [0.15, 0.2) is 9.98 Å². The fourth-order valence-corrected chi connectivity index (χ4v) is 1.75. The Morgan fingerprint density at radius 2 is 1.13 bits per heavy atom. The van der Waals surface area contributed by atoms with Crippen molar-refractivity contribution in [3.63, 3.8) is 0 Å². The molecule has 15 heavy (non-hydrogen) atoms. The number of nitrogens with zero attached hydrogens (tertiary/aromatic N) is 2. The van der Waals surface area contributed by atoms with Crippen molar-refractivity contribution in [3.8, 4) is 0 Å². The lowest BCUT2D eigenvalue weighted by Crippen LogP contribution is -1.95. The summed E-state index contributed by atoms with van der Waals surface area (Å²) in [6, 6.07) is 2.67. The zero-order valence-electron chi connectivity index (χ0n) is 10.4. The van der Waals surface area contributed by atoms with Crippen molar-refractivity contribution in [2.45, 2.75) is 34.6 Å². The third-order valence-electron chi connectivity index (χ3n) is 3.22. The van der Waals surface area contributed by atoms with Gasteiger partial charge in [-0.15, -0.1) is 0 Å². The minimum absolute atomic E-state index is 1.02. The van der Waals surface area contributed by atoms with E-state index >= 15 is 0 Å². The van der Waals surface area contributed by atoms with Crippen LogP contribution in [0.4, 0.5) is 5.69 Å². The van der Waals surface area contributed by atoms with Crippen LogP contribution in [-0.4, -0.2) is 13.1 Å². The molecule has 2 heteroatoms. The zero-order valence-corrected chi connectivity index (χ0v) is 10.4. The molecule has 0 aromatic heterocycles. The summed E-state index contributed by atoms with van der Waals surface area (Å²) in [5, 5.41) is 0. The van der Waals surface area contributed by atoms with E-state index in [0.29, 0.717) is 0 Å². The number of benzene rings is 1. The van der Waals surface area contributed by atoms with Gasteiger partial charge in [0, 0.05) is 7.05 Å². The van der Waals surface area contributed by atoms with Crippen molar-refractivity contribution in [1.82, 2.24) is 0 Å². The molecule has 0 saturated carbocycles. The van der Waals surface area contributed by atoms with Gasteiger partial charge in [0.1, 0.15) is 0 Å². The van der Waals surface area contributed by atoms with Gasteiger partial charge < -0.3 is 0 Å². The van der Waals surface area contributed by atoms with Gasteiger partial charge in [-0.1, -0.05) is 0 Å². The second-order valence-electron chi connectivity index (χ2n) is 3.91. The zero-order chi connectivity index (χ0) is 11.6. The molecule has 0 aliphatic rings. The highest BCUT2D eigenvalue weighted by molar-refractivity contribution is 5.65. The van der Waals surface area contributed by atoms with Gasteiger partial charge in [0.15, 0.2) is 0 Å². The summed E-state index contributed by atoms with van der Waals surface area (Å²) in [4.78, 5) is 8.05. The van der Waals surface area contributed by atoms with Gasteiger partial charge in [0.05, 0.1) is 11.7 Å². The van der Waals surface area contributed by atoms with Gasteiger partial charge in [-0.05, 0) is 62.4 Å². The molecular formula is C13H18N2. The smallest absolute Gasteiger partial charge is 0.0946 e. The molecule has 0 fully saturated rings. The van der Waals surface area contributed by atoms with Crippen LogP contribution in [0.2, 0.25) is 0 Å². The number of aliphatic imine (C=N–C) groups is 2. The molecule has 0 heterocycles. The molecule has 0 amide bonds. The van der Waals surface area contributed by atoms with E-state index in [2.05, 4.69) is 50.6 Å². The number of rotatable bonds is 1. The first-order valence-electron chi connectivity index (χ1n) is 5.12. The summed E-state index contributed by atoms with van der Waals surface area (Å²) >= 11 is 0. The predicted octanol–water partition coefficient (Wildman–Crippen LogP) is 3.66. The van der Waals surface area contributed by atoms with Crippen molar-refractivity contribution in [1.29, 1.82) is 0 Å². The Morgan fingerprint density at radius 1 is 0.733 bits per heavy atom. The van der Waals surface area contributed by atoms with E-state index in [1.54, 1.807) is 7.05 Å². The molecule has 0 unspecified atom stereocenters. The van der Waals surface area contributed by atoms with Crippen LogP contribution in [0.1, 0.15) is 27.8 Å². The Balaban J connectivity index is 3.59. The fraction of sp³-hybridized carbons (Fsp3) is 0.462. The molecule has 0 aliphatic carbocycles. The van der Waals surface area contributed by atoms with Crippen molar-refractivity contribution in [2.24, 2.45) is 9.98 Å². The first-order valence-corrected chi connectivity index (χ1v) is 5.12. The maximum Gasteiger partial charge on any atom is 0.0946 e. The van der Waals surface area contributed by atoms with Crippen LogP contribution in [0, 0.1) is 34.6 Å². The lowest BCUT2D eigenvalue weighted by molar-refractivity contribution is 1.16. The van der Waals surface area contributed by atoms with Crippen LogP contribution in [-0.2, 0) is 0 Å². The molecular weight excluding hydrogens is 184 g/mol. The normalized spacial score (nSPS) is 9.73. The average Bonchev–Trinajstić information content (AvgIpc) is 2.24. The topological polar surface area (TPSA) is 24.7 Å². The highest BCUT2D eigenvalue weighted by Crippen LogP contribution is 2.31. The minimum atomic E-state index is 1.02. The van der Waals surface area contributed by atoms with E-state index in [0.717, 1.165) is 5.69 Å². The molecule has 0 N–H and O–H groups in total. The monoisotopic (exact) mass is 202 g/mol. The third-order valence-corrected chi connectivity index (χ3v) is 3.22. The molecule has 0 bridgehead atoms. The Kier molecular flexibility index (Phi) is 3.43. The molecule has 1 aromatic rings. The molecule has 0 atom stereocenters. The van der Waals surface area contributed by atoms with Gasteiger partial charge in [0.2, 0.25) is 0 Å². The maximum absolute atomic E-state index is 4.27. The average molecular weight is 202 g/mol. The second kappa shape index (κ2) is 4.41. The number of hydrogen-bond donors (Lipinski definition) is 0. The highest BCUT2D eigenvalue weighted by atomic mass is 14.8. The Hall–Kier alpha value is -1.40. The van der Waals surface area contributed by atoms with Crippen LogP contribution in [0.5, 0.6) is 0 Å². The molecule has 1 rings (SSSR count). The summed E-state index contributed by atoms with van der Waals surface area (Å²) in [5.74, 6) is 0. The quantitative estimate of drug-likeness (QED) is 0.621. The van der Waals surface area contributed by atoms with Gasteiger partial charge in [-0.3, -0.25) is 0 Å². The van der Waals surface area contributed by atoms with E-state index in [-0.39, 0.29) is 0 Å². The van der Waals surface area contributed by atoms with E-state index in [9.17, 15) is 0 Å². The summed E-state index contributed by atoms with van der Waals surface area (Å²) in [5.41, 5.74) is 7.46. The van der Waals surface area contributed by atoms with Gasteiger partial charge in [-0.25, -0.2) is 4.99 Å². The lowest BCUT2D eigenvalue weighted by Gasteiger charge is -2.14. The van der Waals surface area contributed by atoms with Crippen LogP contribution in [0.25, 0.3) is 0 Å². The Morgan fingerprint density at radius 3 is 1.53 bits per heavy atom. The van der Waals surface area contributed by atoms with Crippen molar-refractivity contribution < 1.29 is 0 Å². The molecule has 1 aromatic carbocycles. The minimum Gasteiger partial charge on any atom is -0.229 e. The van der Waals surface area contributed by atoms with Crippen molar-refractivity contribution in [2.75, 3.05) is 7.05 Å². The molecule has 0 radical (unpaired) electrons. The highest BCUT2D eigenvalue weighted by Gasteiger charge is 2.10. The standard InChI is InChI=1S/C13H18N2/c1-8-9(2)11(4)13(15-7-14-6)12(5)10(8)3/h1-6H3. The number of hydrogen-bond acceptors (Lipinski definition) is 2. The Labute approximate surface area is 91.8 Å². The first-order chi connectivity index (χ1) is 7.00. The predicted molar refractivity (Wildman–Crippen MR) is 65.6 cm³/mol. The molecule has 0 saturated heterocycles. The SMILES string of the molecule is CN=C=Nc1c(C)c(C)c(C)c(C)c1C. The molecule has 2 nitrogen and oxygen atoms in total. The summed E-state index contributed by atoms with van der Waals surface area (Å²) in [6.45, 7) is 10.6. The van der Waals surface area contributed by atoms with E-state index in [4.69, 9.17) is 0 Å². The van der Waals surface area contributed by atoms with Crippen molar-refractivity contribution >= 4 is 11.7 Å². The van der Waals surface area contributed by atoms with Gasteiger partial charge >= 0.3 is 0 Å². The van der Waals surface area contributed by atoms with E-state index in [1.165, 1.54) is 27.8 Å². The van der Waals surface area contributed by atoms with Gasteiger partial charge in [0.25, 0.3) is 0 Å². The van der Waals surface area contributed by atoms with Crippen molar-refractivity contribution in [3.05, 3.63) is 27.8 Å². The first kappa shape index (κ1) is 11.7. The molecule has 0 spiro atoms.